The molecule has 0 aliphatic heterocycles. The van der Waals surface area contributed by atoms with Gasteiger partial charge in [0.1, 0.15) is 12.6 Å². The van der Waals surface area contributed by atoms with Crippen LogP contribution in [0.25, 0.3) is 0 Å². The first-order chi connectivity index (χ1) is 17.7. The number of benzene rings is 3. The smallest absolute Gasteiger partial charge is 0.264 e. The molecule has 9 heteroatoms. The summed E-state index contributed by atoms with van der Waals surface area (Å²) in [5, 5.41) is 3.14. The van der Waals surface area contributed by atoms with Gasteiger partial charge in [0.2, 0.25) is 11.8 Å². The van der Waals surface area contributed by atoms with Crippen molar-refractivity contribution < 1.29 is 18.0 Å². The lowest BCUT2D eigenvalue weighted by atomic mass is 10.1. The number of hydrogen-bond acceptors (Lipinski definition) is 4. The van der Waals surface area contributed by atoms with Gasteiger partial charge in [-0.3, -0.25) is 13.9 Å². The number of carbonyl (C=O) groups excluding carboxylic acids is 2. The quantitative estimate of drug-likeness (QED) is 0.378. The predicted molar refractivity (Wildman–Crippen MR) is 147 cm³/mol. The van der Waals surface area contributed by atoms with Crippen molar-refractivity contribution in [3.63, 3.8) is 0 Å². The number of anilines is 1. The Labute approximate surface area is 224 Å². The summed E-state index contributed by atoms with van der Waals surface area (Å²) < 4.78 is 28.5. The second-order valence-electron chi connectivity index (χ2n) is 8.57. The van der Waals surface area contributed by atoms with Crippen molar-refractivity contribution in [2.24, 2.45) is 0 Å². The van der Waals surface area contributed by atoms with E-state index in [-0.39, 0.29) is 23.0 Å². The van der Waals surface area contributed by atoms with Crippen molar-refractivity contribution in [1.82, 2.24) is 10.2 Å². The zero-order chi connectivity index (χ0) is 27.0. The van der Waals surface area contributed by atoms with Crippen LogP contribution < -0.4 is 9.62 Å². The summed E-state index contributed by atoms with van der Waals surface area (Å²) in [4.78, 5) is 28.4. The highest BCUT2D eigenvalue weighted by Gasteiger charge is 2.33. The molecular weight excluding hydrogens is 510 g/mol. The molecule has 1 unspecified atom stereocenters. The molecule has 0 saturated carbocycles. The molecule has 0 fully saturated rings. The van der Waals surface area contributed by atoms with Crippen LogP contribution in [-0.4, -0.2) is 44.3 Å². The molecule has 1 N–H and O–H groups in total. The van der Waals surface area contributed by atoms with Gasteiger partial charge in [0.05, 0.1) is 10.6 Å². The lowest BCUT2D eigenvalue weighted by molar-refractivity contribution is -0.140. The van der Waals surface area contributed by atoms with Gasteiger partial charge in [-0.05, 0) is 61.7 Å². The van der Waals surface area contributed by atoms with E-state index < -0.39 is 28.5 Å². The molecule has 3 aromatic rings. The highest BCUT2D eigenvalue weighted by Crippen LogP contribution is 2.27. The first-order valence-electron chi connectivity index (χ1n) is 12.1. The molecule has 2 amide bonds. The number of likely N-dealkylation sites (N-methyl/N-ethyl adjacent to an activating group) is 1. The second-order valence-corrected chi connectivity index (χ2v) is 10.9. The number of halogens is 1. The van der Waals surface area contributed by atoms with E-state index in [1.54, 1.807) is 36.4 Å². The van der Waals surface area contributed by atoms with Gasteiger partial charge in [-0.25, -0.2) is 8.42 Å². The van der Waals surface area contributed by atoms with Gasteiger partial charge in [0.25, 0.3) is 10.0 Å². The number of aryl methyl sites for hydroxylation is 1. The van der Waals surface area contributed by atoms with Crippen LogP contribution in [0.4, 0.5) is 5.69 Å². The number of sulfonamides is 1. The summed E-state index contributed by atoms with van der Waals surface area (Å²) in [5.74, 6) is -0.784. The summed E-state index contributed by atoms with van der Waals surface area (Å²) in [6.07, 6.45) is 0.367. The fourth-order valence-electron chi connectivity index (χ4n) is 4.06. The first-order valence-corrected chi connectivity index (χ1v) is 14.0. The molecule has 0 heterocycles. The van der Waals surface area contributed by atoms with E-state index in [0.29, 0.717) is 18.0 Å². The molecule has 37 heavy (non-hydrogen) atoms. The van der Waals surface area contributed by atoms with Crippen LogP contribution in [0.3, 0.4) is 0 Å². The van der Waals surface area contributed by atoms with E-state index in [2.05, 4.69) is 5.32 Å². The van der Waals surface area contributed by atoms with E-state index in [1.165, 1.54) is 23.1 Å². The van der Waals surface area contributed by atoms with Crippen molar-refractivity contribution in [3.05, 3.63) is 95.0 Å². The van der Waals surface area contributed by atoms with Crippen molar-refractivity contribution in [3.8, 4) is 0 Å². The maximum absolute atomic E-state index is 13.9. The van der Waals surface area contributed by atoms with Gasteiger partial charge < -0.3 is 10.2 Å². The van der Waals surface area contributed by atoms with Gasteiger partial charge in [0.15, 0.2) is 0 Å². The molecule has 196 valence electrons. The summed E-state index contributed by atoms with van der Waals surface area (Å²) in [7, 11) is -4.12. The van der Waals surface area contributed by atoms with E-state index in [9.17, 15) is 18.0 Å². The van der Waals surface area contributed by atoms with Crippen molar-refractivity contribution in [1.29, 1.82) is 0 Å². The molecule has 0 spiro atoms. The van der Waals surface area contributed by atoms with Crippen LogP contribution >= 0.6 is 11.6 Å². The Balaban J connectivity index is 2.06. The SMILES string of the molecule is CCNC(=O)C(CC)N(Cc1ccccc1C)C(=O)CN(c1cccc(Cl)c1)S(=O)(=O)c1ccccc1. The number of amides is 2. The average molecular weight is 542 g/mol. The molecular formula is C28H32ClN3O4S. The summed E-state index contributed by atoms with van der Waals surface area (Å²) in [5.41, 5.74) is 2.10. The standard InChI is InChI=1S/C28H32ClN3O4S/c1-4-26(28(34)30-5-2)31(19-22-13-10-9-12-21(22)3)27(33)20-32(24-15-11-14-23(29)18-24)37(35,36)25-16-7-6-8-17-25/h6-18,26H,4-5,19-20H2,1-3H3,(H,30,34). The molecule has 3 rings (SSSR count). The molecule has 0 saturated heterocycles. The number of hydrogen-bond donors (Lipinski definition) is 1. The third-order valence-electron chi connectivity index (χ3n) is 6.05. The molecule has 0 aromatic heterocycles. The normalized spacial score (nSPS) is 12.0. The minimum atomic E-state index is -4.12. The minimum absolute atomic E-state index is 0.0454. The fraction of sp³-hybridized carbons (Fsp3) is 0.286. The number of rotatable bonds is 11. The van der Waals surface area contributed by atoms with Crippen molar-refractivity contribution in [2.45, 2.75) is 44.7 Å². The lowest BCUT2D eigenvalue weighted by Gasteiger charge is -2.33. The van der Waals surface area contributed by atoms with Crippen LogP contribution in [0.15, 0.2) is 83.8 Å². The largest absolute Gasteiger partial charge is 0.355 e. The Morgan fingerprint density at radius 1 is 0.946 bits per heavy atom. The summed E-state index contributed by atoms with van der Waals surface area (Å²) in [6.45, 7) is 5.65. The lowest BCUT2D eigenvalue weighted by Crippen LogP contribution is -2.52. The van der Waals surface area contributed by atoms with Gasteiger partial charge in [0, 0.05) is 18.1 Å². The highest BCUT2D eigenvalue weighted by molar-refractivity contribution is 7.92. The van der Waals surface area contributed by atoms with Crippen LogP contribution in [0.1, 0.15) is 31.4 Å². The van der Waals surface area contributed by atoms with E-state index >= 15 is 0 Å². The predicted octanol–water partition coefficient (Wildman–Crippen LogP) is 4.79. The zero-order valence-corrected chi connectivity index (χ0v) is 22.8. The van der Waals surface area contributed by atoms with Gasteiger partial charge >= 0.3 is 0 Å². The monoisotopic (exact) mass is 541 g/mol. The maximum Gasteiger partial charge on any atom is 0.264 e. The number of nitrogens with zero attached hydrogens (tertiary/aromatic N) is 2. The minimum Gasteiger partial charge on any atom is -0.355 e. The molecule has 3 aromatic carbocycles. The second kappa shape index (κ2) is 12.7. The van der Waals surface area contributed by atoms with Gasteiger partial charge in [-0.1, -0.05) is 67.1 Å². The zero-order valence-electron chi connectivity index (χ0n) is 21.2. The van der Waals surface area contributed by atoms with E-state index in [1.807, 2.05) is 45.0 Å². The van der Waals surface area contributed by atoms with Crippen LogP contribution in [-0.2, 0) is 26.2 Å². The topological polar surface area (TPSA) is 86.8 Å². The van der Waals surface area contributed by atoms with E-state index in [0.717, 1.165) is 15.4 Å². The maximum atomic E-state index is 13.9. The number of carbonyl (C=O) groups is 2. The Morgan fingerprint density at radius 2 is 1.62 bits per heavy atom. The third-order valence-corrected chi connectivity index (χ3v) is 8.07. The molecule has 0 radical (unpaired) electrons. The Bertz CT molecular complexity index is 1330. The molecule has 0 aliphatic rings. The van der Waals surface area contributed by atoms with Crippen LogP contribution in [0.5, 0.6) is 0 Å². The molecule has 0 aliphatic carbocycles. The average Bonchev–Trinajstić information content (AvgIpc) is 2.88. The van der Waals surface area contributed by atoms with Crippen molar-refractivity contribution in [2.75, 3.05) is 17.4 Å². The third kappa shape index (κ3) is 6.90. The summed E-state index contributed by atoms with van der Waals surface area (Å²) >= 11 is 6.19. The molecule has 7 nitrogen and oxygen atoms in total. The van der Waals surface area contributed by atoms with Gasteiger partial charge in [-0.2, -0.15) is 0 Å². The van der Waals surface area contributed by atoms with Gasteiger partial charge in [-0.15, -0.1) is 0 Å². The van der Waals surface area contributed by atoms with E-state index in [4.69, 9.17) is 11.6 Å². The molecule has 0 bridgehead atoms. The number of nitrogens with one attached hydrogen (secondary N) is 1. The Morgan fingerprint density at radius 3 is 2.24 bits per heavy atom. The first kappa shape index (κ1) is 28.2. The van der Waals surface area contributed by atoms with Crippen LogP contribution in [0.2, 0.25) is 5.02 Å². The fourth-order valence-corrected chi connectivity index (χ4v) is 5.67. The Kier molecular flexibility index (Phi) is 9.72. The highest BCUT2D eigenvalue weighted by atomic mass is 35.5. The van der Waals surface area contributed by atoms with Crippen LogP contribution in [0, 0.1) is 6.92 Å². The molecule has 1 atom stereocenters. The Hall–Kier alpha value is -3.36. The van der Waals surface area contributed by atoms with Crippen molar-refractivity contribution >= 4 is 39.1 Å². The summed E-state index contributed by atoms with van der Waals surface area (Å²) in [6, 6.07) is 21.1.